The maximum absolute atomic E-state index is 5.48. The first kappa shape index (κ1) is 14.6. The molecule has 5 heteroatoms. The van der Waals surface area contributed by atoms with Crippen LogP contribution in [0.1, 0.15) is 51.3 Å². The quantitative estimate of drug-likeness (QED) is 0.808. The minimum absolute atomic E-state index is 0.383. The molecule has 2 fully saturated rings. The summed E-state index contributed by atoms with van der Waals surface area (Å²) in [4.78, 5) is 9.36. The zero-order valence-electron chi connectivity index (χ0n) is 13.1. The molecule has 2 N–H and O–H groups in total. The molecule has 2 aliphatic rings. The van der Waals surface area contributed by atoms with Gasteiger partial charge >= 0.3 is 0 Å². The van der Waals surface area contributed by atoms with Crippen molar-refractivity contribution in [3.8, 4) is 0 Å². The third kappa shape index (κ3) is 3.84. The molecule has 1 aliphatic carbocycles. The van der Waals surface area contributed by atoms with Crippen molar-refractivity contribution < 1.29 is 4.74 Å². The van der Waals surface area contributed by atoms with Gasteiger partial charge in [-0.1, -0.05) is 6.92 Å². The van der Waals surface area contributed by atoms with Crippen molar-refractivity contribution in [1.82, 2.24) is 9.97 Å². The maximum Gasteiger partial charge on any atom is 0.136 e. The Morgan fingerprint density at radius 2 is 2.10 bits per heavy atom. The van der Waals surface area contributed by atoms with Crippen LogP contribution in [0, 0.1) is 5.92 Å². The van der Waals surface area contributed by atoms with Gasteiger partial charge in [-0.2, -0.15) is 0 Å². The molecule has 21 heavy (non-hydrogen) atoms. The Kier molecular flexibility index (Phi) is 4.58. The molecule has 116 valence electrons. The molecule has 2 atom stereocenters. The highest BCUT2D eigenvalue weighted by atomic mass is 16.5. The number of nitrogens with zero attached hydrogens (tertiary/aromatic N) is 2. The van der Waals surface area contributed by atoms with Crippen LogP contribution in [0.2, 0.25) is 0 Å². The number of anilines is 2. The Morgan fingerprint density at radius 1 is 1.29 bits per heavy atom. The van der Waals surface area contributed by atoms with Crippen molar-refractivity contribution >= 4 is 11.6 Å². The molecule has 0 spiro atoms. The summed E-state index contributed by atoms with van der Waals surface area (Å²) in [7, 11) is 0. The topological polar surface area (TPSA) is 59.1 Å². The lowest BCUT2D eigenvalue weighted by atomic mass is 10.0. The molecule has 0 aromatic carbocycles. The van der Waals surface area contributed by atoms with Crippen LogP contribution in [0.5, 0.6) is 0 Å². The normalized spacial score (nSPS) is 23.0. The van der Waals surface area contributed by atoms with Gasteiger partial charge < -0.3 is 15.4 Å². The molecule has 0 bridgehead atoms. The van der Waals surface area contributed by atoms with E-state index < -0.39 is 0 Å². The molecule has 1 saturated carbocycles. The van der Waals surface area contributed by atoms with Crippen molar-refractivity contribution in [1.29, 1.82) is 0 Å². The molecule has 1 aliphatic heterocycles. The lowest BCUT2D eigenvalue weighted by Gasteiger charge is -2.20. The molecule has 1 aromatic heterocycles. The van der Waals surface area contributed by atoms with E-state index >= 15 is 0 Å². The smallest absolute Gasteiger partial charge is 0.136 e. The largest absolute Gasteiger partial charge is 0.381 e. The van der Waals surface area contributed by atoms with Crippen LogP contribution in [0.25, 0.3) is 0 Å². The lowest BCUT2D eigenvalue weighted by Crippen LogP contribution is -2.27. The van der Waals surface area contributed by atoms with E-state index in [1.165, 1.54) is 12.8 Å². The third-order valence-corrected chi connectivity index (χ3v) is 4.29. The number of aromatic nitrogens is 2. The summed E-state index contributed by atoms with van der Waals surface area (Å²) in [6, 6.07) is 2.42. The van der Waals surface area contributed by atoms with Gasteiger partial charge in [0.25, 0.3) is 0 Å². The summed E-state index contributed by atoms with van der Waals surface area (Å²) in [5.74, 6) is 4.04. The van der Waals surface area contributed by atoms with Crippen LogP contribution in [-0.2, 0) is 4.74 Å². The molecule has 2 unspecified atom stereocenters. The highest BCUT2D eigenvalue weighted by molar-refractivity contribution is 5.48. The van der Waals surface area contributed by atoms with E-state index in [9.17, 15) is 0 Å². The fourth-order valence-corrected chi connectivity index (χ4v) is 2.71. The first-order chi connectivity index (χ1) is 10.3. The Morgan fingerprint density at radius 3 is 2.76 bits per heavy atom. The van der Waals surface area contributed by atoms with Crippen LogP contribution >= 0.6 is 0 Å². The molecular formula is C16H26N4O. The van der Waals surface area contributed by atoms with Gasteiger partial charge in [-0.05, 0) is 32.6 Å². The van der Waals surface area contributed by atoms with Crippen LogP contribution in [0.15, 0.2) is 6.07 Å². The van der Waals surface area contributed by atoms with E-state index in [4.69, 9.17) is 9.72 Å². The van der Waals surface area contributed by atoms with Crippen LogP contribution in [0.3, 0.4) is 0 Å². The summed E-state index contributed by atoms with van der Waals surface area (Å²) in [5.41, 5.74) is 0. The van der Waals surface area contributed by atoms with E-state index in [1.54, 1.807) is 0 Å². The van der Waals surface area contributed by atoms with Crippen LogP contribution in [-0.4, -0.2) is 35.8 Å². The molecule has 3 rings (SSSR count). The number of hydrogen-bond donors (Lipinski definition) is 2. The highest BCUT2D eigenvalue weighted by Gasteiger charge is 2.28. The Hall–Kier alpha value is -1.36. The van der Waals surface area contributed by atoms with Crippen molar-refractivity contribution in [2.75, 3.05) is 30.4 Å². The second kappa shape index (κ2) is 6.60. The van der Waals surface area contributed by atoms with E-state index in [2.05, 4.69) is 29.5 Å². The first-order valence-electron chi connectivity index (χ1n) is 8.23. The van der Waals surface area contributed by atoms with E-state index in [0.29, 0.717) is 17.9 Å². The SMILES string of the molecule is CCCNc1cc(NC(C)C2CCOC2)nc(C2CC2)n1. The fraction of sp³-hybridized carbons (Fsp3) is 0.750. The molecule has 5 nitrogen and oxygen atoms in total. The summed E-state index contributed by atoms with van der Waals surface area (Å²) in [6.45, 7) is 7.08. The average Bonchev–Trinajstić information content (AvgIpc) is 3.19. The predicted octanol–water partition coefficient (Wildman–Crippen LogP) is 3.01. The summed E-state index contributed by atoms with van der Waals surface area (Å²) in [6.07, 6.45) is 4.68. The lowest BCUT2D eigenvalue weighted by molar-refractivity contribution is 0.183. The van der Waals surface area contributed by atoms with Gasteiger partial charge in [0.2, 0.25) is 0 Å². The van der Waals surface area contributed by atoms with Gasteiger partial charge in [-0.3, -0.25) is 0 Å². The van der Waals surface area contributed by atoms with Crippen molar-refractivity contribution in [2.24, 2.45) is 5.92 Å². The summed E-state index contributed by atoms with van der Waals surface area (Å²) in [5, 5.41) is 6.94. The number of rotatable bonds is 7. The van der Waals surface area contributed by atoms with Crippen molar-refractivity contribution in [2.45, 2.75) is 51.5 Å². The van der Waals surface area contributed by atoms with Gasteiger partial charge in [-0.25, -0.2) is 9.97 Å². The minimum atomic E-state index is 0.383. The monoisotopic (exact) mass is 290 g/mol. The zero-order valence-corrected chi connectivity index (χ0v) is 13.1. The summed E-state index contributed by atoms with van der Waals surface area (Å²) < 4.78 is 5.48. The minimum Gasteiger partial charge on any atom is -0.381 e. The van der Waals surface area contributed by atoms with Crippen molar-refractivity contribution in [3.05, 3.63) is 11.9 Å². The van der Waals surface area contributed by atoms with Gasteiger partial charge in [-0.15, -0.1) is 0 Å². The molecule has 0 amide bonds. The molecule has 2 heterocycles. The number of nitrogens with one attached hydrogen (secondary N) is 2. The summed E-state index contributed by atoms with van der Waals surface area (Å²) >= 11 is 0. The van der Waals surface area contributed by atoms with Gasteiger partial charge in [0.1, 0.15) is 17.5 Å². The fourth-order valence-electron chi connectivity index (χ4n) is 2.71. The van der Waals surface area contributed by atoms with Gasteiger partial charge in [0.15, 0.2) is 0 Å². The predicted molar refractivity (Wildman–Crippen MR) is 84.8 cm³/mol. The Balaban J connectivity index is 1.71. The number of hydrogen-bond acceptors (Lipinski definition) is 5. The van der Waals surface area contributed by atoms with Gasteiger partial charge in [0, 0.05) is 37.1 Å². The maximum atomic E-state index is 5.48. The third-order valence-electron chi connectivity index (χ3n) is 4.29. The second-order valence-electron chi connectivity index (χ2n) is 6.25. The standard InChI is InChI=1S/C16H26N4O/c1-3-7-17-14-9-15(20-16(19-14)12-4-5-12)18-11(2)13-6-8-21-10-13/h9,11-13H,3-8,10H2,1-2H3,(H2,17,18,19,20). The molecule has 1 saturated heterocycles. The van der Waals surface area contributed by atoms with Crippen molar-refractivity contribution in [3.63, 3.8) is 0 Å². The van der Waals surface area contributed by atoms with Crippen LogP contribution in [0.4, 0.5) is 11.6 Å². The molecule has 1 aromatic rings. The zero-order chi connectivity index (χ0) is 14.7. The van der Waals surface area contributed by atoms with Crippen LogP contribution < -0.4 is 10.6 Å². The van der Waals surface area contributed by atoms with E-state index in [1.807, 2.05) is 6.07 Å². The van der Waals surface area contributed by atoms with Gasteiger partial charge in [0.05, 0.1) is 6.61 Å². The second-order valence-corrected chi connectivity index (χ2v) is 6.25. The Bertz CT molecular complexity index is 469. The Labute approximate surface area is 126 Å². The van der Waals surface area contributed by atoms with E-state index in [-0.39, 0.29) is 0 Å². The molecule has 0 radical (unpaired) electrons. The highest BCUT2D eigenvalue weighted by Crippen LogP contribution is 2.39. The molecular weight excluding hydrogens is 264 g/mol. The van der Waals surface area contributed by atoms with E-state index in [0.717, 1.165) is 50.1 Å². The first-order valence-corrected chi connectivity index (χ1v) is 8.23. The number of ether oxygens (including phenoxy) is 1. The average molecular weight is 290 g/mol.